The van der Waals surface area contributed by atoms with E-state index in [0.29, 0.717) is 5.92 Å². The summed E-state index contributed by atoms with van der Waals surface area (Å²) in [5.41, 5.74) is 7.18. The van der Waals surface area contributed by atoms with Crippen LogP contribution in [0.2, 0.25) is 0 Å². The van der Waals surface area contributed by atoms with Crippen LogP contribution in [0.25, 0.3) is 0 Å². The molecule has 2 N–H and O–H groups in total. The highest BCUT2D eigenvalue weighted by Gasteiger charge is 2.17. The lowest BCUT2D eigenvalue weighted by Gasteiger charge is -2.06. The number of hydrogen-bond acceptors (Lipinski definition) is 2. The fraction of sp³-hybridized carbons (Fsp3) is 0.636. The van der Waals surface area contributed by atoms with Crippen molar-refractivity contribution in [1.82, 2.24) is 0 Å². The van der Waals surface area contributed by atoms with E-state index in [9.17, 15) is 0 Å². The summed E-state index contributed by atoms with van der Waals surface area (Å²) in [5.74, 6) is 0.667. The molecule has 2 rings (SSSR count). The highest BCUT2D eigenvalue weighted by atomic mass is 32.1. The molecule has 1 heterocycles. The first-order chi connectivity index (χ1) is 6.31. The van der Waals surface area contributed by atoms with Crippen molar-refractivity contribution in [1.29, 1.82) is 0 Å². The van der Waals surface area contributed by atoms with Gasteiger partial charge in [-0.2, -0.15) is 0 Å². The van der Waals surface area contributed by atoms with E-state index < -0.39 is 0 Å². The van der Waals surface area contributed by atoms with Crippen LogP contribution in [-0.4, -0.2) is 6.54 Å². The first-order valence-electron chi connectivity index (χ1n) is 5.13. The second kappa shape index (κ2) is 3.81. The van der Waals surface area contributed by atoms with Crippen LogP contribution in [0.4, 0.5) is 0 Å². The molecule has 1 aromatic rings. The van der Waals surface area contributed by atoms with Gasteiger partial charge in [0.25, 0.3) is 0 Å². The monoisotopic (exact) mass is 195 g/mol. The first-order valence-corrected chi connectivity index (χ1v) is 5.94. The van der Waals surface area contributed by atoms with E-state index in [2.05, 4.69) is 13.0 Å². The maximum Gasteiger partial charge on any atom is 0.00803 e. The number of thiophene rings is 1. The van der Waals surface area contributed by atoms with Gasteiger partial charge in [-0.3, -0.25) is 0 Å². The average molecular weight is 195 g/mol. The van der Waals surface area contributed by atoms with Gasteiger partial charge >= 0.3 is 0 Å². The standard InChI is InChI=1S/C11H17NS/c1-8(5-6-12)11-7-9-3-2-4-10(9)13-11/h7-8H,2-6,12H2,1H3. The van der Waals surface area contributed by atoms with E-state index in [4.69, 9.17) is 5.73 Å². The Hall–Kier alpha value is -0.340. The number of fused-ring (bicyclic) bond motifs is 1. The van der Waals surface area contributed by atoms with Crippen molar-refractivity contribution < 1.29 is 0 Å². The predicted molar refractivity (Wildman–Crippen MR) is 58.4 cm³/mol. The largest absolute Gasteiger partial charge is 0.330 e. The van der Waals surface area contributed by atoms with Crippen molar-refractivity contribution in [3.8, 4) is 0 Å². The molecule has 0 aliphatic heterocycles. The normalized spacial score (nSPS) is 17.4. The number of hydrogen-bond donors (Lipinski definition) is 1. The zero-order valence-corrected chi connectivity index (χ0v) is 8.99. The van der Waals surface area contributed by atoms with E-state index in [1.54, 1.807) is 15.3 Å². The van der Waals surface area contributed by atoms with E-state index in [1.165, 1.54) is 19.3 Å². The minimum absolute atomic E-state index is 0.667. The summed E-state index contributed by atoms with van der Waals surface area (Å²) in [4.78, 5) is 3.19. The Bertz CT molecular complexity index is 269. The Morgan fingerprint density at radius 1 is 1.54 bits per heavy atom. The molecule has 1 nitrogen and oxygen atoms in total. The van der Waals surface area contributed by atoms with Gasteiger partial charge in [0.15, 0.2) is 0 Å². The van der Waals surface area contributed by atoms with Crippen LogP contribution in [0.1, 0.15) is 41.0 Å². The predicted octanol–water partition coefficient (Wildman–Crippen LogP) is 2.69. The molecule has 1 aliphatic carbocycles. The first kappa shape index (κ1) is 9.22. The second-order valence-corrected chi connectivity index (χ2v) is 5.10. The topological polar surface area (TPSA) is 26.0 Å². The van der Waals surface area contributed by atoms with Crippen molar-refractivity contribution in [2.75, 3.05) is 6.54 Å². The van der Waals surface area contributed by atoms with Crippen LogP contribution in [0.3, 0.4) is 0 Å². The van der Waals surface area contributed by atoms with Crippen molar-refractivity contribution in [2.24, 2.45) is 5.73 Å². The molecule has 0 radical (unpaired) electrons. The summed E-state index contributed by atoms with van der Waals surface area (Å²) < 4.78 is 0. The molecular formula is C11H17NS. The lowest BCUT2D eigenvalue weighted by Crippen LogP contribution is -2.03. The minimum atomic E-state index is 0.667. The Morgan fingerprint density at radius 3 is 3.08 bits per heavy atom. The Kier molecular flexibility index (Phi) is 2.70. The third kappa shape index (κ3) is 1.79. The van der Waals surface area contributed by atoms with Crippen LogP contribution in [0.5, 0.6) is 0 Å². The van der Waals surface area contributed by atoms with Crippen molar-refractivity contribution >= 4 is 11.3 Å². The van der Waals surface area contributed by atoms with Gasteiger partial charge in [0.2, 0.25) is 0 Å². The third-order valence-corrected chi connectivity index (χ3v) is 4.32. The maximum atomic E-state index is 5.56. The van der Waals surface area contributed by atoms with Crippen molar-refractivity contribution in [2.45, 2.75) is 38.5 Å². The van der Waals surface area contributed by atoms with E-state index >= 15 is 0 Å². The SMILES string of the molecule is CC(CCN)c1cc2c(s1)CCC2. The zero-order chi connectivity index (χ0) is 9.26. The van der Waals surface area contributed by atoms with Crippen LogP contribution >= 0.6 is 11.3 Å². The van der Waals surface area contributed by atoms with Gasteiger partial charge in [-0.1, -0.05) is 6.92 Å². The summed E-state index contributed by atoms with van der Waals surface area (Å²) >= 11 is 2.01. The average Bonchev–Trinajstić information content (AvgIpc) is 2.61. The van der Waals surface area contributed by atoms with Gasteiger partial charge in [-0.25, -0.2) is 0 Å². The summed E-state index contributed by atoms with van der Waals surface area (Å²) in [6, 6.07) is 2.41. The van der Waals surface area contributed by atoms with Crippen LogP contribution in [0.15, 0.2) is 6.07 Å². The number of rotatable bonds is 3. The van der Waals surface area contributed by atoms with Gasteiger partial charge in [0.1, 0.15) is 0 Å². The highest BCUT2D eigenvalue weighted by molar-refractivity contribution is 7.12. The van der Waals surface area contributed by atoms with Crippen molar-refractivity contribution in [3.63, 3.8) is 0 Å². The lowest BCUT2D eigenvalue weighted by molar-refractivity contribution is 0.700. The van der Waals surface area contributed by atoms with Gasteiger partial charge in [-0.05, 0) is 49.8 Å². The molecule has 1 atom stereocenters. The smallest absolute Gasteiger partial charge is 0.00803 e. The molecule has 13 heavy (non-hydrogen) atoms. The highest BCUT2D eigenvalue weighted by Crippen LogP contribution is 2.35. The van der Waals surface area contributed by atoms with E-state index in [0.717, 1.165) is 13.0 Å². The number of nitrogens with two attached hydrogens (primary N) is 1. The molecule has 1 aliphatic rings. The van der Waals surface area contributed by atoms with Crippen LogP contribution < -0.4 is 5.73 Å². The van der Waals surface area contributed by atoms with Crippen molar-refractivity contribution in [3.05, 3.63) is 21.4 Å². The molecule has 0 bridgehead atoms. The summed E-state index contributed by atoms with van der Waals surface area (Å²) in [5, 5.41) is 0. The zero-order valence-electron chi connectivity index (χ0n) is 8.18. The molecule has 0 spiro atoms. The fourth-order valence-electron chi connectivity index (χ4n) is 1.99. The Morgan fingerprint density at radius 2 is 2.38 bits per heavy atom. The summed E-state index contributed by atoms with van der Waals surface area (Å²) in [6.45, 7) is 3.09. The summed E-state index contributed by atoms with van der Waals surface area (Å²) in [7, 11) is 0. The van der Waals surface area contributed by atoms with E-state index in [1.807, 2.05) is 11.3 Å². The molecule has 1 unspecified atom stereocenters. The minimum Gasteiger partial charge on any atom is -0.330 e. The summed E-state index contributed by atoms with van der Waals surface area (Å²) in [6.07, 6.45) is 5.11. The molecule has 0 aromatic carbocycles. The maximum absolute atomic E-state index is 5.56. The molecule has 0 fully saturated rings. The van der Waals surface area contributed by atoms with Gasteiger partial charge < -0.3 is 5.73 Å². The van der Waals surface area contributed by atoms with E-state index in [-0.39, 0.29) is 0 Å². The molecule has 0 saturated heterocycles. The fourth-order valence-corrected chi connectivity index (χ4v) is 3.33. The Balaban J connectivity index is 2.13. The Labute approximate surface area is 84.0 Å². The van der Waals surface area contributed by atoms with Gasteiger partial charge in [-0.15, -0.1) is 11.3 Å². The molecule has 2 heteroatoms. The molecule has 0 saturated carbocycles. The van der Waals surface area contributed by atoms with Crippen LogP contribution in [-0.2, 0) is 12.8 Å². The quantitative estimate of drug-likeness (QED) is 0.788. The third-order valence-electron chi connectivity index (χ3n) is 2.85. The molecule has 0 amide bonds. The molecule has 72 valence electrons. The second-order valence-electron chi connectivity index (χ2n) is 3.93. The van der Waals surface area contributed by atoms with Gasteiger partial charge in [0.05, 0.1) is 0 Å². The molecular weight excluding hydrogens is 178 g/mol. The number of aryl methyl sites for hydroxylation is 2. The molecule has 1 aromatic heterocycles. The lowest BCUT2D eigenvalue weighted by atomic mass is 10.1. The van der Waals surface area contributed by atoms with Crippen LogP contribution in [0, 0.1) is 0 Å². The van der Waals surface area contributed by atoms with Gasteiger partial charge in [0, 0.05) is 9.75 Å².